The van der Waals surface area contributed by atoms with E-state index in [4.69, 9.17) is 4.74 Å². The number of amides is 2. The fourth-order valence-electron chi connectivity index (χ4n) is 4.70. The minimum absolute atomic E-state index is 0.0155. The highest BCUT2D eigenvalue weighted by Gasteiger charge is 2.21. The van der Waals surface area contributed by atoms with Crippen LogP contribution in [0.5, 0.6) is 5.75 Å². The van der Waals surface area contributed by atoms with E-state index < -0.39 is 4.92 Å². The van der Waals surface area contributed by atoms with E-state index >= 15 is 0 Å². The second kappa shape index (κ2) is 14.6. The Morgan fingerprint density at radius 2 is 1.71 bits per heavy atom. The number of fused-ring (bicyclic) bond motifs is 1. The molecule has 42 heavy (non-hydrogen) atoms. The van der Waals surface area contributed by atoms with Crippen LogP contribution in [0.25, 0.3) is 17.0 Å². The quantitative estimate of drug-likeness (QED) is 0.114. The Morgan fingerprint density at radius 3 is 2.40 bits per heavy atom. The summed E-state index contributed by atoms with van der Waals surface area (Å²) in [4.78, 5) is 44.1. The maximum Gasteiger partial charge on any atom is 0.269 e. The molecule has 4 aromatic rings. The summed E-state index contributed by atoms with van der Waals surface area (Å²) >= 11 is 0. The molecule has 1 heterocycles. The molecule has 1 N–H and O–H groups in total. The van der Waals surface area contributed by atoms with Crippen LogP contribution in [0.1, 0.15) is 36.5 Å². The van der Waals surface area contributed by atoms with Gasteiger partial charge in [-0.1, -0.05) is 43.7 Å². The van der Waals surface area contributed by atoms with Gasteiger partial charge in [0.05, 0.1) is 12.0 Å². The third kappa shape index (κ3) is 8.06. The van der Waals surface area contributed by atoms with Crippen molar-refractivity contribution in [2.24, 2.45) is 0 Å². The Morgan fingerprint density at radius 1 is 0.976 bits per heavy atom. The zero-order chi connectivity index (χ0) is 29.9. The highest BCUT2D eigenvalue weighted by atomic mass is 16.6. The number of ether oxygens (including phenoxy) is 1. The van der Waals surface area contributed by atoms with E-state index in [1.54, 1.807) is 35.1 Å². The molecule has 0 radical (unpaired) electrons. The fraction of sp³-hybridized carbons (Fsp3) is 0.273. The summed E-state index contributed by atoms with van der Waals surface area (Å²) < 4.78 is 5.28. The number of hydrogen-bond acceptors (Lipinski definition) is 5. The van der Waals surface area contributed by atoms with Crippen LogP contribution in [-0.2, 0) is 22.6 Å². The van der Waals surface area contributed by atoms with E-state index in [2.05, 4.69) is 11.1 Å². The van der Waals surface area contributed by atoms with Crippen LogP contribution in [0, 0.1) is 10.1 Å². The van der Waals surface area contributed by atoms with E-state index in [9.17, 15) is 19.7 Å². The average molecular weight is 569 g/mol. The van der Waals surface area contributed by atoms with Gasteiger partial charge < -0.3 is 19.5 Å². The molecule has 0 spiro atoms. The second-order valence-corrected chi connectivity index (χ2v) is 10.1. The minimum atomic E-state index is -0.465. The van der Waals surface area contributed by atoms with Gasteiger partial charge in [-0.05, 0) is 65.9 Å². The normalized spacial score (nSPS) is 11.1. The summed E-state index contributed by atoms with van der Waals surface area (Å²) in [5.41, 5.74) is 3.79. The zero-order valence-electron chi connectivity index (χ0n) is 24.0. The predicted octanol–water partition coefficient (Wildman–Crippen LogP) is 6.00. The number of H-pyrrole nitrogens is 1. The van der Waals surface area contributed by atoms with Gasteiger partial charge >= 0.3 is 0 Å². The molecule has 9 nitrogen and oxygen atoms in total. The van der Waals surface area contributed by atoms with E-state index in [0.717, 1.165) is 40.6 Å². The highest BCUT2D eigenvalue weighted by molar-refractivity contribution is 5.94. The summed E-state index contributed by atoms with van der Waals surface area (Å²) in [6.45, 7) is 3.33. The Hall–Kier alpha value is -4.92. The molecule has 0 aliphatic heterocycles. The lowest BCUT2D eigenvalue weighted by Crippen LogP contribution is -2.43. The van der Waals surface area contributed by atoms with Crippen molar-refractivity contribution in [1.82, 2.24) is 14.8 Å². The molecule has 1 aromatic heterocycles. The number of methoxy groups -OCH3 is 1. The summed E-state index contributed by atoms with van der Waals surface area (Å²) in [6.07, 6.45) is 7.32. The van der Waals surface area contributed by atoms with Gasteiger partial charge in [-0.15, -0.1) is 0 Å². The number of carbonyl (C=O) groups is 2. The minimum Gasteiger partial charge on any atom is -0.497 e. The summed E-state index contributed by atoms with van der Waals surface area (Å²) in [5.74, 6) is 0.321. The van der Waals surface area contributed by atoms with Crippen LogP contribution in [-0.4, -0.2) is 58.3 Å². The molecule has 0 aliphatic carbocycles. The van der Waals surface area contributed by atoms with Gasteiger partial charge in [0.2, 0.25) is 11.8 Å². The number of nitro benzene ring substituents is 1. The summed E-state index contributed by atoms with van der Waals surface area (Å²) in [7, 11) is 1.62. The Bertz CT molecular complexity index is 1530. The van der Waals surface area contributed by atoms with E-state index in [-0.39, 0.29) is 24.0 Å². The van der Waals surface area contributed by atoms with Gasteiger partial charge in [0.25, 0.3) is 5.69 Å². The lowest BCUT2D eigenvalue weighted by Gasteiger charge is -2.27. The maximum absolute atomic E-state index is 13.8. The van der Waals surface area contributed by atoms with Crippen molar-refractivity contribution in [3.8, 4) is 5.75 Å². The van der Waals surface area contributed by atoms with Crippen molar-refractivity contribution < 1.29 is 19.2 Å². The lowest BCUT2D eigenvalue weighted by atomic mass is 10.1. The average Bonchev–Trinajstić information content (AvgIpc) is 3.43. The van der Waals surface area contributed by atoms with Crippen molar-refractivity contribution in [3.63, 3.8) is 0 Å². The number of aromatic nitrogens is 1. The third-order valence-corrected chi connectivity index (χ3v) is 7.15. The molecule has 4 rings (SSSR count). The van der Waals surface area contributed by atoms with Crippen molar-refractivity contribution in [2.75, 3.05) is 26.7 Å². The second-order valence-electron chi connectivity index (χ2n) is 10.1. The molecular weight excluding hydrogens is 532 g/mol. The maximum atomic E-state index is 13.8. The smallest absolute Gasteiger partial charge is 0.269 e. The molecular formula is C33H36N4O5. The molecule has 218 valence electrons. The number of non-ortho nitro benzene ring substituents is 1. The molecule has 9 heteroatoms. The standard InChI is InChI=1S/C33H36N4O5/c1-3-4-20-35(32(38)18-13-25-9-14-28(15-10-25)37(40)41)24-33(39)36(23-26-11-16-29(42-2)17-12-26)21-19-27-22-34-31-8-6-5-7-30(27)31/h5-18,22,34H,3-4,19-21,23-24H2,1-2H3/b18-13+. The monoisotopic (exact) mass is 568 g/mol. The third-order valence-electron chi connectivity index (χ3n) is 7.15. The molecule has 0 fully saturated rings. The number of nitro groups is 1. The largest absolute Gasteiger partial charge is 0.497 e. The summed E-state index contributed by atoms with van der Waals surface area (Å²) in [5, 5.41) is 12.1. The van der Waals surface area contributed by atoms with Crippen LogP contribution < -0.4 is 4.74 Å². The number of nitrogens with one attached hydrogen (secondary N) is 1. The van der Waals surface area contributed by atoms with Crippen LogP contribution >= 0.6 is 0 Å². The van der Waals surface area contributed by atoms with Crippen molar-refractivity contribution >= 4 is 34.5 Å². The van der Waals surface area contributed by atoms with Crippen LogP contribution in [0.3, 0.4) is 0 Å². The van der Waals surface area contributed by atoms with Gasteiger partial charge in [-0.25, -0.2) is 0 Å². The molecule has 0 saturated heterocycles. The first-order chi connectivity index (χ1) is 20.4. The first kappa shape index (κ1) is 30.0. The van der Waals surface area contributed by atoms with E-state index in [0.29, 0.717) is 31.6 Å². The van der Waals surface area contributed by atoms with Crippen molar-refractivity contribution in [1.29, 1.82) is 0 Å². The van der Waals surface area contributed by atoms with Gasteiger partial charge in [0.15, 0.2) is 0 Å². The molecule has 0 unspecified atom stereocenters. The number of rotatable bonds is 14. The summed E-state index contributed by atoms with van der Waals surface area (Å²) in [6, 6.07) is 21.7. The number of benzene rings is 3. The van der Waals surface area contributed by atoms with E-state index in [1.807, 2.05) is 55.6 Å². The molecule has 0 saturated carbocycles. The number of aromatic amines is 1. The van der Waals surface area contributed by atoms with Crippen LogP contribution in [0.15, 0.2) is 85.1 Å². The van der Waals surface area contributed by atoms with Gasteiger partial charge in [-0.2, -0.15) is 0 Å². The fourth-order valence-corrected chi connectivity index (χ4v) is 4.70. The number of unbranched alkanes of at least 4 members (excludes halogenated alkanes) is 1. The molecule has 0 aliphatic rings. The van der Waals surface area contributed by atoms with Gasteiger partial charge in [-0.3, -0.25) is 19.7 Å². The first-order valence-corrected chi connectivity index (χ1v) is 14.0. The number of carbonyl (C=O) groups excluding carboxylic acids is 2. The molecule has 2 amide bonds. The topological polar surface area (TPSA) is 109 Å². The number of hydrogen-bond donors (Lipinski definition) is 1. The van der Waals surface area contributed by atoms with Crippen molar-refractivity contribution in [3.05, 3.63) is 112 Å². The Kier molecular flexibility index (Phi) is 10.5. The van der Waals surface area contributed by atoms with Crippen LogP contribution in [0.2, 0.25) is 0 Å². The number of para-hydroxylation sites is 1. The first-order valence-electron chi connectivity index (χ1n) is 14.0. The SMILES string of the molecule is CCCCN(CC(=O)N(CCc1c[nH]c2ccccc12)Cc1ccc(OC)cc1)C(=O)/C=C/c1ccc([N+](=O)[O-])cc1. The van der Waals surface area contributed by atoms with Gasteiger partial charge in [0, 0.05) is 54.9 Å². The highest BCUT2D eigenvalue weighted by Crippen LogP contribution is 2.20. The molecule has 3 aromatic carbocycles. The van der Waals surface area contributed by atoms with E-state index in [1.165, 1.54) is 18.2 Å². The Balaban J connectivity index is 1.50. The Labute approximate surface area is 245 Å². The van der Waals surface area contributed by atoms with Crippen LogP contribution in [0.4, 0.5) is 5.69 Å². The zero-order valence-corrected chi connectivity index (χ0v) is 24.0. The lowest BCUT2D eigenvalue weighted by molar-refractivity contribution is -0.384. The number of nitrogens with zero attached hydrogens (tertiary/aromatic N) is 3. The molecule has 0 bridgehead atoms. The van der Waals surface area contributed by atoms with Crippen molar-refractivity contribution in [2.45, 2.75) is 32.7 Å². The predicted molar refractivity (Wildman–Crippen MR) is 164 cm³/mol. The molecule has 0 atom stereocenters. The van der Waals surface area contributed by atoms with Gasteiger partial charge in [0.1, 0.15) is 12.3 Å².